The van der Waals surface area contributed by atoms with E-state index in [-0.39, 0.29) is 5.60 Å². The van der Waals surface area contributed by atoms with Crippen LogP contribution >= 0.6 is 0 Å². The molecule has 0 aromatic rings. The standard InChI is InChI=1S/C17H29NO2/c1-14(19)12-15-6-5-10-18(15)16-7-11-20-17(13-16)8-3-2-4-9-17/h15-16H,2-13H2,1H3. The molecule has 0 bridgehead atoms. The molecule has 114 valence electrons. The first-order valence-electron chi connectivity index (χ1n) is 8.58. The molecule has 2 saturated heterocycles. The number of nitrogens with zero attached hydrogens (tertiary/aromatic N) is 1. The Labute approximate surface area is 123 Å². The van der Waals surface area contributed by atoms with E-state index in [1.807, 2.05) is 0 Å². The number of hydrogen-bond donors (Lipinski definition) is 0. The van der Waals surface area contributed by atoms with Gasteiger partial charge in [-0.15, -0.1) is 0 Å². The number of hydrogen-bond acceptors (Lipinski definition) is 3. The maximum Gasteiger partial charge on any atom is 0.131 e. The van der Waals surface area contributed by atoms with Crippen molar-refractivity contribution < 1.29 is 9.53 Å². The zero-order valence-electron chi connectivity index (χ0n) is 12.9. The highest BCUT2D eigenvalue weighted by Crippen LogP contribution is 2.41. The third-order valence-corrected chi connectivity index (χ3v) is 5.65. The van der Waals surface area contributed by atoms with Crippen molar-refractivity contribution in [3.05, 3.63) is 0 Å². The van der Waals surface area contributed by atoms with Crippen LogP contribution in [-0.4, -0.2) is 41.5 Å². The Morgan fingerprint density at radius 1 is 1.20 bits per heavy atom. The van der Waals surface area contributed by atoms with Gasteiger partial charge in [-0.1, -0.05) is 19.3 Å². The minimum Gasteiger partial charge on any atom is -0.375 e. The van der Waals surface area contributed by atoms with Crippen LogP contribution in [0.4, 0.5) is 0 Å². The Bertz CT molecular complexity index is 343. The number of rotatable bonds is 3. The van der Waals surface area contributed by atoms with Crippen LogP contribution in [0.1, 0.15) is 71.1 Å². The van der Waals surface area contributed by atoms with Crippen molar-refractivity contribution in [1.29, 1.82) is 0 Å². The molecule has 2 atom stereocenters. The average molecular weight is 279 g/mol. The lowest BCUT2D eigenvalue weighted by atomic mass is 9.78. The maximum absolute atomic E-state index is 11.5. The summed E-state index contributed by atoms with van der Waals surface area (Å²) in [4.78, 5) is 14.1. The van der Waals surface area contributed by atoms with Gasteiger partial charge >= 0.3 is 0 Å². The van der Waals surface area contributed by atoms with Gasteiger partial charge in [-0.25, -0.2) is 0 Å². The fourth-order valence-electron chi connectivity index (χ4n) is 4.72. The summed E-state index contributed by atoms with van der Waals surface area (Å²) >= 11 is 0. The van der Waals surface area contributed by atoms with Crippen LogP contribution in [-0.2, 0) is 9.53 Å². The fourth-order valence-corrected chi connectivity index (χ4v) is 4.72. The van der Waals surface area contributed by atoms with Gasteiger partial charge in [-0.05, 0) is 52.0 Å². The van der Waals surface area contributed by atoms with Crippen molar-refractivity contribution in [3.63, 3.8) is 0 Å². The Morgan fingerprint density at radius 2 is 2.00 bits per heavy atom. The van der Waals surface area contributed by atoms with Crippen LogP contribution in [0.3, 0.4) is 0 Å². The molecule has 20 heavy (non-hydrogen) atoms. The molecule has 3 rings (SSSR count). The number of ketones is 1. The zero-order chi connectivity index (χ0) is 14.0. The highest BCUT2D eigenvalue weighted by molar-refractivity contribution is 5.76. The zero-order valence-corrected chi connectivity index (χ0v) is 12.9. The lowest BCUT2D eigenvalue weighted by Gasteiger charge is -2.47. The number of ether oxygens (including phenoxy) is 1. The third-order valence-electron chi connectivity index (χ3n) is 5.65. The Balaban J connectivity index is 1.65. The number of carbonyl (C=O) groups excluding carboxylic acids is 1. The van der Waals surface area contributed by atoms with Crippen LogP contribution in [0.25, 0.3) is 0 Å². The van der Waals surface area contributed by atoms with Crippen molar-refractivity contribution in [3.8, 4) is 0 Å². The van der Waals surface area contributed by atoms with Gasteiger partial charge in [0.05, 0.1) is 5.60 Å². The molecule has 2 heterocycles. The van der Waals surface area contributed by atoms with Crippen LogP contribution in [0.15, 0.2) is 0 Å². The molecule has 3 nitrogen and oxygen atoms in total. The molecule has 2 unspecified atom stereocenters. The van der Waals surface area contributed by atoms with E-state index in [1.54, 1.807) is 6.92 Å². The van der Waals surface area contributed by atoms with E-state index in [9.17, 15) is 4.79 Å². The van der Waals surface area contributed by atoms with E-state index in [2.05, 4.69) is 4.90 Å². The molecule has 1 saturated carbocycles. The van der Waals surface area contributed by atoms with E-state index in [4.69, 9.17) is 4.74 Å². The number of Topliss-reactive ketones (excluding diaryl/α,β-unsaturated/α-hetero) is 1. The van der Waals surface area contributed by atoms with Crippen molar-refractivity contribution in [2.24, 2.45) is 0 Å². The molecule has 3 aliphatic rings. The molecular formula is C17H29NO2. The second-order valence-electron chi connectivity index (χ2n) is 7.18. The van der Waals surface area contributed by atoms with Gasteiger partial charge in [-0.3, -0.25) is 9.69 Å². The summed E-state index contributed by atoms with van der Waals surface area (Å²) in [6, 6.07) is 1.17. The van der Waals surface area contributed by atoms with Gasteiger partial charge in [0.2, 0.25) is 0 Å². The monoisotopic (exact) mass is 279 g/mol. The number of carbonyl (C=O) groups is 1. The van der Waals surface area contributed by atoms with Gasteiger partial charge in [0.1, 0.15) is 5.78 Å². The van der Waals surface area contributed by atoms with Crippen molar-refractivity contribution in [2.75, 3.05) is 13.2 Å². The fraction of sp³-hybridized carbons (Fsp3) is 0.941. The van der Waals surface area contributed by atoms with Crippen molar-refractivity contribution in [2.45, 2.75) is 88.8 Å². The highest BCUT2D eigenvalue weighted by atomic mass is 16.5. The lowest BCUT2D eigenvalue weighted by Crippen LogP contribution is -2.51. The van der Waals surface area contributed by atoms with Crippen molar-refractivity contribution >= 4 is 5.78 Å². The summed E-state index contributed by atoms with van der Waals surface area (Å²) in [7, 11) is 0. The third kappa shape index (κ3) is 3.09. The smallest absolute Gasteiger partial charge is 0.131 e. The van der Waals surface area contributed by atoms with E-state index < -0.39 is 0 Å². The van der Waals surface area contributed by atoms with E-state index in [0.29, 0.717) is 17.9 Å². The molecule has 2 aliphatic heterocycles. The SMILES string of the molecule is CC(=O)CC1CCCN1C1CCOC2(CCCCC2)C1. The molecule has 3 heteroatoms. The molecule has 1 spiro atoms. The molecule has 1 aliphatic carbocycles. The van der Waals surface area contributed by atoms with Crippen LogP contribution in [0, 0.1) is 0 Å². The maximum atomic E-state index is 11.5. The normalized spacial score (nSPS) is 34.5. The predicted molar refractivity (Wildman–Crippen MR) is 79.8 cm³/mol. The second kappa shape index (κ2) is 6.15. The van der Waals surface area contributed by atoms with Crippen molar-refractivity contribution in [1.82, 2.24) is 4.90 Å². The Morgan fingerprint density at radius 3 is 2.75 bits per heavy atom. The largest absolute Gasteiger partial charge is 0.375 e. The molecule has 0 amide bonds. The summed E-state index contributed by atoms with van der Waals surface area (Å²) in [6.07, 6.45) is 12.2. The average Bonchev–Trinajstić information content (AvgIpc) is 2.87. The van der Waals surface area contributed by atoms with Gasteiger partial charge in [-0.2, -0.15) is 0 Å². The molecule has 0 aromatic carbocycles. The first kappa shape index (κ1) is 14.5. The first-order valence-corrected chi connectivity index (χ1v) is 8.58. The first-order chi connectivity index (χ1) is 9.69. The van der Waals surface area contributed by atoms with Crippen LogP contribution in [0.2, 0.25) is 0 Å². The summed E-state index contributed by atoms with van der Waals surface area (Å²) in [6.45, 7) is 3.86. The molecule has 0 aromatic heterocycles. The molecule has 0 N–H and O–H groups in total. The topological polar surface area (TPSA) is 29.5 Å². The highest BCUT2D eigenvalue weighted by Gasteiger charge is 2.42. The minimum absolute atomic E-state index is 0.185. The van der Waals surface area contributed by atoms with Gasteiger partial charge < -0.3 is 4.74 Å². The van der Waals surface area contributed by atoms with Gasteiger partial charge in [0.15, 0.2) is 0 Å². The minimum atomic E-state index is 0.185. The summed E-state index contributed by atoms with van der Waals surface area (Å²) in [5.41, 5.74) is 0.185. The van der Waals surface area contributed by atoms with E-state index in [1.165, 1.54) is 57.9 Å². The lowest BCUT2D eigenvalue weighted by molar-refractivity contribution is -0.128. The molecule has 3 fully saturated rings. The molecular weight excluding hydrogens is 250 g/mol. The number of likely N-dealkylation sites (tertiary alicyclic amines) is 1. The quantitative estimate of drug-likeness (QED) is 0.794. The summed E-state index contributed by atoms with van der Waals surface area (Å²) in [5, 5.41) is 0. The predicted octanol–water partition coefficient (Wildman–Crippen LogP) is 3.31. The van der Waals surface area contributed by atoms with Gasteiger partial charge in [0, 0.05) is 25.1 Å². The van der Waals surface area contributed by atoms with Crippen LogP contribution in [0.5, 0.6) is 0 Å². The van der Waals surface area contributed by atoms with Crippen LogP contribution < -0.4 is 0 Å². The molecule has 0 radical (unpaired) electrons. The van der Waals surface area contributed by atoms with Gasteiger partial charge in [0.25, 0.3) is 0 Å². The Kier molecular flexibility index (Phi) is 4.46. The summed E-state index contributed by atoms with van der Waals surface area (Å²) in [5.74, 6) is 0.348. The van der Waals surface area contributed by atoms with E-state index >= 15 is 0 Å². The second-order valence-corrected chi connectivity index (χ2v) is 7.18. The Hall–Kier alpha value is -0.410. The summed E-state index contributed by atoms with van der Waals surface area (Å²) < 4.78 is 6.22. The van der Waals surface area contributed by atoms with E-state index in [0.717, 1.165) is 19.4 Å².